The fourth-order valence-electron chi connectivity index (χ4n) is 1.33. The average Bonchev–Trinajstić information content (AvgIpc) is 2.27. The van der Waals surface area contributed by atoms with E-state index >= 15 is 0 Å². The SMILES string of the molecule is C#CCOc1ccc(CNCC(C)C)cc1. The van der Waals surface area contributed by atoms with Gasteiger partial charge in [0.05, 0.1) is 0 Å². The van der Waals surface area contributed by atoms with E-state index in [9.17, 15) is 0 Å². The van der Waals surface area contributed by atoms with Crippen molar-refractivity contribution in [2.24, 2.45) is 5.92 Å². The van der Waals surface area contributed by atoms with Crippen molar-refractivity contribution < 1.29 is 4.74 Å². The van der Waals surface area contributed by atoms with E-state index < -0.39 is 0 Å². The van der Waals surface area contributed by atoms with E-state index in [0.29, 0.717) is 12.5 Å². The lowest BCUT2D eigenvalue weighted by Gasteiger charge is -2.08. The predicted octanol–water partition coefficient (Wildman–Crippen LogP) is 2.44. The van der Waals surface area contributed by atoms with Crippen LogP contribution in [0.4, 0.5) is 0 Å². The number of ether oxygens (including phenoxy) is 1. The Kier molecular flexibility index (Phi) is 5.45. The van der Waals surface area contributed by atoms with Gasteiger partial charge in [-0.15, -0.1) is 6.42 Å². The van der Waals surface area contributed by atoms with Crippen LogP contribution in [0.5, 0.6) is 5.75 Å². The van der Waals surface area contributed by atoms with Crippen molar-refractivity contribution in [3.05, 3.63) is 29.8 Å². The highest BCUT2D eigenvalue weighted by Crippen LogP contribution is 2.11. The highest BCUT2D eigenvalue weighted by Gasteiger charge is 1.96. The van der Waals surface area contributed by atoms with Crippen molar-refractivity contribution in [1.82, 2.24) is 5.32 Å². The van der Waals surface area contributed by atoms with Crippen molar-refractivity contribution in [1.29, 1.82) is 0 Å². The molecule has 0 amide bonds. The maximum absolute atomic E-state index is 5.30. The maximum Gasteiger partial charge on any atom is 0.148 e. The van der Waals surface area contributed by atoms with Crippen LogP contribution in [0.25, 0.3) is 0 Å². The van der Waals surface area contributed by atoms with Gasteiger partial charge in [0, 0.05) is 6.54 Å². The molecule has 1 rings (SSSR count). The Morgan fingerprint density at radius 1 is 1.31 bits per heavy atom. The zero-order valence-electron chi connectivity index (χ0n) is 9.99. The fraction of sp³-hybridized carbons (Fsp3) is 0.429. The molecule has 0 aromatic heterocycles. The molecule has 0 unspecified atom stereocenters. The highest BCUT2D eigenvalue weighted by atomic mass is 16.5. The quantitative estimate of drug-likeness (QED) is 0.739. The number of nitrogens with one attached hydrogen (secondary N) is 1. The molecule has 0 saturated carbocycles. The van der Waals surface area contributed by atoms with Gasteiger partial charge in [0.25, 0.3) is 0 Å². The van der Waals surface area contributed by atoms with Crippen LogP contribution in [0.2, 0.25) is 0 Å². The standard InChI is InChI=1S/C14H19NO/c1-4-9-16-14-7-5-13(6-8-14)11-15-10-12(2)3/h1,5-8,12,15H,9-11H2,2-3H3. The Morgan fingerprint density at radius 3 is 2.56 bits per heavy atom. The van der Waals surface area contributed by atoms with Gasteiger partial charge in [0.1, 0.15) is 12.4 Å². The molecule has 1 aromatic rings. The summed E-state index contributed by atoms with van der Waals surface area (Å²) in [4.78, 5) is 0. The van der Waals surface area contributed by atoms with Gasteiger partial charge in [-0.1, -0.05) is 31.9 Å². The van der Waals surface area contributed by atoms with E-state index in [1.54, 1.807) is 0 Å². The molecule has 86 valence electrons. The number of benzene rings is 1. The topological polar surface area (TPSA) is 21.3 Å². The van der Waals surface area contributed by atoms with E-state index in [-0.39, 0.29) is 0 Å². The zero-order chi connectivity index (χ0) is 11.8. The van der Waals surface area contributed by atoms with Crippen molar-refractivity contribution in [3.8, 4) is 18.1 Å². The molecule has 0 spiro atoms. The first-order chi connectivity index (χ1) is 7.72. The lowest BCUT2D eigenvalue weighted by molar-refractivity contribution is 0.370. The molecule has 16 heavy (non-hydrogen) atoms. The third kappa shape index (κ3) is 4.86. The Morgan fingerprint density at radius 2 is 2.00 bits per heavy atom. The molecule has 0 aliphatic carbocycles. The normalized spacial score (nSPS) is 10.1. The minimum atomic E-state index is 0.324. The van der Waals surface area contributed by atoms with Gasteiger partial charge < -0.3 is 10.1 Å². The number of rotatable bonds is 6. The van der Waals surface area contributed by atoms with E-state index in [2.05, 4.69) is 37.2 Å². The molecular weight excluding hydrogens is 198 g/mol. The largest absolute Gasteiger partial charge is 0.481 e. The Balaban J connectivity index is 2.36. The van der Waals surface area contributed by atoms with Gasteiger partial charge >= 0.3 is 0 Å². The summed E-state index contributed by atoms with van der Waals surface area (Å²) in [5.41, 5.74) is 1.26. The number of hydrogen-bond acceptors (Lipinski definition) is 2. The molecule has 1 aromatic carbocycles. The average molecular weight is 217 g/mol. The van der Waals surface area contributed by atoms with E-state index in [1.807, 2.05) is 12.1 Å². The Labute approximate surface area is 98.0 Å². The highest BCUT2D eigenvalue weighted by molar-refractivity contribution is 5.27. The monoisotopic (exact) mass is 217 g/mol. The molecule has 0 bridgehead atoms. The van der Waals surface area contributed by atoms with Crippen molar-refractivity contribution in [2.75, 3.05) is 13.2 Å². The molecule has 2 heteroatoms. The van der Waals surface area contributed by atoms with Gasteiger partial charge in [0.15, 0.2) is 0 Å². The van der Waals surface area contributed by atoms with Gasteiger partial charge in [-0.05, 0) is 30.2 Å². The lowest BCUT2D eigenvalue weighted by Crippen LogP contribution is -2.18. The predicted molar refractivity (Wildman–Crippen MR) is 67.3 cm³/mol. The van der Waals surface area contributed by atoms with E-state index in [4.69, 9.17) is 11.2 Å². The summed E-state index contributed by atoms with van der Waals surface area (Å²) in [6.07, 6.45) is 5.12. The van der Waals surface area contributed by atoms with Crippen LogP contribution in [0.3, 0.4) is 0 Å². The van der Waals surface area contributed by atoms with Crippen molar-refractivity contribution in [2.45, 2.75) is 20.4 Å². The second-order valence-electron chi connectivity index (χ2n) is 4.16. The van der Waals surface area contributed by atoms with E-state index in [1.165, 1.54) is 5.56 Å². The summed E-state index contributed by atoms with van der Waals surface area (Å²) in [6, 6.07) is 8.01. The molecule has 2 nitrogen and oxygen atoms in total. The molecular formula is C14H19NO. The molecule has 0 saturated heterocycles. The lowest BCUT2D eigenvalue weighted by atomic mass is 10.2. The first-order valence-corrected chi connectivity index (χ1v) is 5.58. The van der Waals surface area contributed by atoms with Crippen LogP contribution >= 0.6 is 0 Å². The van der Waals surface area contributed by atoms with Crippen LogP contribution in [-0.2, 0) is 6.54 Å². The fourth-order valence-corrected chi connectivity index (χ4v) is 1.33. The number of terminal acetylenes is 1. The molecule has 0 fully saturated rings. The summed E-state index contributed by atoms with van der Waals surface area (Å²) in [7, 11) is 0. The van der Waals surface area contributed by atoms with Gasteiger partial charge in [0.2, 0.25) is 0 Å². The van der Waals surface area contributed by atoms with Gasteiger partial charge in [-0.3, -0.25) is 0 Å². The second-order valence-corrected chi connectivity index (χ2v) is 4.16. The van der Waals surface area contributed by atoms with Crippen molar-refractivity contribution in [3.63, 3.8) is 0 Å². The first kappa shape index (κ1) is 12.6. The molecule has 0 atom stereocenters. The molecule has 0 aliphatic heterocycles. The van der Waals surface area contributed by atoms with Crippen LogP contribution < -0.4 is 10.1 Å². The maximum atomic E-state index is 5.30. The van der Waals surface area contributed by atoms with Crippen molar-refractivity contribution >= 4 is 0 Å². The molecule has 0 radical (unpaired) electrons. The van der Waals surface area contributed by atoms with Crippen LogP contribution in [0.15, 0.2) is 24.3 Å². The summed E-state index contributed by atoms with van der Waals surface area (Å²) < 4.78 is 5.30. The van der Waals surface area contributed by atoms with Crippen LogP contribution in [0, 0.1) is 18.3 Å². The third-order valence-electron chi connectivity index (χ3n) is 2.13. The third-order valence-corrected chi connectivity index (χ3v) is 2.13. The summed E-state index contributed by atoms with van der Waals surface area (Å²) in [5, 5.41) is 3.39. The van der Waals surface area contributed by atoms with Crippen LogP contribution in [-0.4, -0.2) is 13.2 Å². The molecule has 1 N–H and O–H groups in total. The Bertz CT molecular complexity index is 335. The summed E-state index contributed by atoms with van der Waals surface area (Å²) in [6.45, 7) is 6.65. The molecule has 0 aliphatic rings. The van der Waals surface area contributed by atoms with E-state index in [0.717, 1.165) is 18.8 Å². The minimum Gasteiger partial charge on any atom is -0.481 e. The summed E-state index contributed by atoms with van der Waals surface area (Å²) >= 11 is 0. The van der Waals surface area contributed by atoms with Crippen LogP contribution in [0.1, 0.15) is 19.4 Å². The minimum absolute atomic E-state index is 0.324. The summed E-state index contributed by atoms with van der Waals surface area (Å²) in [5.74, 6) is 3.95. The second kappa shape index (κ2) is 6.92. The van der Waals surface area contributed by atoms with Gasteiger partial charge in [-0.2, -0.15) is 0 Å². The van der Waals surface area contributed by atoms with Gasteiger partial charge in [-0.25, -0.2) is 0 Å². The molecule has 0 heterocycles. The first-order valence-electron chi connectivity index (χ1n) is 5.58. The zero-order valence-corrected chi connectivity index (χ0v) is 9.99. The Hall–Kier alpha value is -1.46. The number of hydrogen-bond donors (Lipinski definition) is 1. The smallest absolute Gasteiger partial charge is 0.148 e.